The molecule has 0 radical (unpaired) electrons. The smallest absolute Gasteiger partial charge is 0.230 e. The molecule has 0 fully saturated rings. The van der Waals surface area contributed by atoms with E-state index in [9.17, 15) is 9.18 Å². The van der Waals surface area contributed by atoms with Crippen molar-refractivity contribution in [2.45, 2.75) is 6.42 Å². The second-order valence-electron chi connectivity index (χ2n) is 4.48. The number of carbonyl (C=O) groups is 1. The van der Waals surface area contributed by atoms with Crippen LogP contribution in [0.25, 0.3) is 11.0 Å². The summed E-state index contributed by atoms with van der Waals surface area (Å²) in [4.78, 5) is 12.0. The van der Waals surface area contributed by atoms with E-state index in [-0.39, 0.29) is 12.3 Å². The molecule has 1 aromatic heterocycles. The maximum absolute atomic E-state index is 13.4. The van der Waals surface area contributed by atoms with Crippen LogP contribution in [-0.4, -0.2) is 11.1 Å². The highest BCUT2D eigenvalue weighted by Gasteiger charge is 2.12. The van der Waals surface area contributed by atoms with E-state index in [1.807, 2.05) is 18.2 Å². The van der Waals surface area contributed by atoms with Crippen LogP contribution in [0.1, 0.15) is 5.69 Å². The summed E-state index contributed by atoms with van der Waals surface area (Å²) >= 11 is 3.06. The minimum absolute atomic E-state index is 0.0642. The number of rotatable bonds is 3. The van der Waals surface area contributed by atoms with E-state index in [0.717, 1.165) is 5.39 Å². The van der Waals surface area contributed by atoms with E-state index in [0.29, 0.717) is 21.4 Å². The summed E-state index contributed by atoms with van der Waals surface area (Å²) in [7, 11) is 0. The number of hydrogen-bond acceptors (Lipinski definition) is 3. The molecule has 0 unspecified atom stereocenters. The number of carbonyl (C=O) groups excluding carboxylic acids is 1. The number of benzene rings is 2. The van der Waals surface area contributed by atoms with E-state index in [2.05, 4.69) is 26.4 Å². The van der Waals surface area contributed by atoms with Crippen LogP contribution >= 0.6 is 15.9 Å². The maximum atomic E-state index is 13.4. The van der Waals surface area contributed by atoms with Gasteiger partial charge in [-0.2, -0.15) is 0 Å². The van der Waals surface area contributed by atoms with Crippen LogP contribution in [0.5, 0.6) is 0 Å². The van der Waals surface area contributed by atoms with Crippen LogP contribution in [0.15, 0.2) is 51.5 Å². The number of fused-ring (bicyclic) bond motifs is 1. The van der Waals surface area contributed by atoms with Gasteiger partial charge in [0.1, 0.15) is 11.5 Å². The molecular weight excluding hydrogens is 339 g/mol. The molecule has 0 aliphatic carbocycles. The van der Waals surface area contributed by atoms with E-state index >= 15 is 0 Å². The van der Waals surface area contributed by atoms with Gasteiger partial charge in [-0.15, -0.1) is 0 Å². The standard InChI is InChI=1S/C15H10BrFN2O2/c16-11-6-5-9(7-12(11)17)18-15(20)8-13-10-3-1-2-4-14(10)21-19-13/h1-7H,8H2,(H,18,20). The molecule has 106 valence electrons. The molecule has 1 N–H and O–H groups in total. The lowest BCUT2D eigenvalue weighted by Crippen LogP contribution is -2.14. The number of amides is 1. The average Bonchev–Trinajstić information content (AvgIpc) is 2.86. The van der Waals surface area contributed by atoms with Gasteiger partial charge in [0.15, 0.2) is 5.58 Å². The van der Waals surface area contributed by atoms with Crippen molar-refractivity contribution in [2.75, 3.05) is 5.32 Å². The number of anilines is 1. The van der Waals surface area contributed by atoms with Crippen molar-refractivity contribution in [3.8, 4) is 0 Å². The number of para-hydroxylation sites is 1. The Morgan fingerprint density at radius 2 is 2.10 bits per heavy atom. The molecule has 0 atom stereocenters. The molecule has 0 spiro atoms. The number of nitrogens with one attached hydrogen (secondary N) is 1. The van der Waals surface area contributed by atoms with Crippen LogP contribution in [0.3, 0.4) is 0 Å². The lowest BCUT2D eigenvalue weighted by Gasteiger charge is -2.04. The monoisotopic (exact) mass is 348 g/mol. The zero-order chi connectivity index (χ0) is 14.8. The maximum Gasteiger partial charge on any atom is 0.230 e. The zero-order valence-electron chi connectivity index (χ0n) is 10.8. The molecule has 0 bridgehead atoms. The largest absolute Gasteiger partial charge is 0.356 e. The van der Waals surface area contributed by atoms with Gasteiger partial charge >= 0.3 is 0 Å². The minimum Gasteiger partial charge on any atom is -0.356 e. The van der Waals surface area contributed by atoms with Gasteiger partial charge in [-0.05, 0) is 46.3 Å². The van der Waals surface area contributed by atoms with E-state index < -0.39 is 5.82 Å². The van der Waals surface area contributed by atoms with Crippen LogP contribution in [0.2, 0.25) is 0 Å². The van der Waals surface area contributed by atoms with Crippen LogP contribution < -0.4 is 5.32 Å². The number of nitrogens with zero attached hydrogens (tertiary/aromatic N) is 1. The summed E-state index contributed by atoms with van der Waals surface area (Å²) < 4.78 is 18.9. The lowest BCUT2D eigenvalue weighted by molar-refractivity contribution is -0.115. The van der Waals surface area contributed by atoms with Crippen LogP contribution in [-0.2, 0) is 11.2 Å². The van der Waals surface area contributed by atoms with Crippen molar-refractivity contribution in [1.29, 1.82) is 0 Å². The van der Waals surface area contributed by atoms with Gasteiger partial charge in [-0.25, -0.2) is 4.39 Å². The first-order chi connectivity index (χ1) is 10.1. The summed E-state index contributed by atoms with van der Waals surface area (Å²) in [5.41, 5.74) is 1.59. The molecular formula is C15H10BrFN2O2. The van der Waals surface area contributed by atoms with E-state index in [1.165, 1.54) is 12.1 Å². The second-order valence-corrected chi connectivity index (χ2v) is 5.33. The Labute approximate surface area is 128 Å². The van der Waals surface area contributed by atoms with Gasteiger partial charge in [0, 0.05) is 11.1 Å². The van der Waals surface area contributed by atoms with Crippen LogP contribution in [0.4, 0.5) is 10.1 Å². The molecule has 3 aromatic rings. The molecule has 21 heavy (non-hydrogen) atoms. The molecule has 0 aliphatic heterocycles. The quantitative estimate of drug-likeness (QED) is 0.780. The van der Waals surface area contributed by atoms with Crippen molar-refractivity contribution in [2.24, 2.45) is 0 Å². The normalized spacial score (nSPS) is 10.8. The third-order valence-corrected chi connectivity index (χ3v) is 3.63. The first kappa shape index (κ1) is 13.8. The summed E-state index contributed by atoms with van der Waals surface area (Å²) in [5, 5.41) is 7.32. The molecule has 3 rings (SSSR count). The predicted octanol–water partition coefficient (Wildman–Crippen LogP) is 3.91. The topological polar surface area (TPSA) is 55.1 Å². The van der Waals surface area contributed by atoms with Gasteiger partial charge in [0.25, 0.3) is 0 Å². The van der Waals surface area contributed by atoms with E-state index in [4.69, 9.17) is 4.52 Å². The molecule has 0 saturated heterocycles. The summed E-state index contributed by atoms with van der Waals surface area (Å²) in [6.07, 6.45) is 0.0642. The Morgan fingerprint density at radius 3 is 2.90 bits per heavy atom. The molecule has 4 nitrogen and oxygen atoms in total. The second kappa shape index (κ2) is 5.65. The van der Waals surface area contributed by atoms with Gasteiger partial charge in [0.05, 0.1) is 10.9 Å². The molecule has 0 aliphatic rings. The Bertz CT molecular complexity index is 816. The zero-order valence-corrected chi connectivity index (χ0v) is 12.4. The van der Waals surface area contributed by atoms with Crippen LogP contribution in [0, 0.1) is 5.82 Å². The first-order valence-electron chi connectivity index (χ1n) is 6.21. The Balaban J connectivity index is 1.75. The minimum atomic E-state index is -0.431. The van der Waals surface area contributed by atoms with Crippen molar-refractivity contribution >= 4 is 38.5 Å². The van der Waals surface area contributed by atoms with E-state index in [1.54, 1.807) is 12.1 Å². The predicted molar refractivity (Wildman–Crippen MR) is 80.4 cm³/mol. The summed E-state index contributed by atoms with van der Waals surface area (Å²) in [5.74, 6) is -0.713. The lowest BCUT2D eigenvalue weighted by atomic mass is 10.1. The highest BCUT2D eigenvalue weighted by atomic mass is 79.9. The Morgan fingerprint density at radius 1 is 1.29 bits per heavy atom. The number of hydrogen-bond donors (Lipinski definition) is 1. The van der Waals surface area contributed by atoms with Gasteiger partial charge in [0.2, 0.25) is 5.91 Å². The van der Waals surface area contributed by atoms with Crippen molar-refractivity contribution in [3.05, 3.63) is 58.4 Å². The highest BCUT2D eigenvalue weighted by molar-refractivity contribution is 9.10. The number of aromatic nitrogens is 1. The Kier molecular flexibility index (Phi) is 3.70. The van der Waals surface area contributed by atoms with Gasteiger partial charge in [-0.3, -0.25) is 4.79 Å². The molecule has 6 heteroatoms. The fourth-order valence-electron chi connectivity index (χ4n) is 2.00. The average molecular weight is 349 g/mol. The first-order valence-corrected chi connectivity index (χ1v) is 7.01. The number of halogens is 2. The molecule has 1 heterocycles. The fraction of sp³-hybridized carbons (Fsp3) is 0.0667. The molecule has 2 aromatic carbocycles. The van der Waals surface area contributed by atoms with Gasteiger partial charge in [-0.1, -0.05) is 17.3 Å². The highest BCUT2D eigenvalue weighted by Crippen LogP contribution is 2.21. The Hall–Kier alpha value is -2.21. The molecule has 0 saturated carbocycles. The fourth-order valence-corrected chi connectivity index (χ4v) is 2.24. The van der Waals surface area contributed by atoms with Gasteiger partial charge < -0.3 is 9.84 Å². The van der Waals surface area contributed by atoms with Crippen molar-refractivity contribution in [1.82, 2.24) is 5.16 Å². The third-order valence-electron chi connectivity index (χ3n) is 2.98. The molecule has 1 amide bonds. The third kappa shape index (κ3) is 2.95. The summed E-state index contributed by atoms with van der Waals surface area (Å²) in [6.45, 7) is 0. The van der Waals surface area contributed by atoms with Crippen molar-refractivity contribution < 1.29 is 13.7 Å². The van der Waals surface area contributed by atoms with Crippen molar-refractivity contribution in [3.63, 3.8) is 0 Å². The summed E-state index contributed by atoms with van der Waals surface area (Å²) in [6, 6.07) is 11.7. The SMILES string of the molecule is O=C(Cc1noc2ccccc12)Nc1ccc(Br)c(F)c1.